The molecule has 0 bridgehead atoms. The maximum atomic E-state index is 13.2. The summed E-state index contributed by atoms with van der Waals surface area (Å²) in [4.78, 5) is 24.4. The number of nitrogens with one attached hydrogen (secondary N) is 2. The molecule has 0 fully saturated rings. The van der Waals surface area contributed by atoms with E-state index in [1.807, 2.05) is 6.92 Å². The molecule has 2 aromatic carbocycles. The van der Waals surface area contributed by atoms with Crippen LogP contribution in [-0.4, -0.2) is 32.3 Å². The number of anilines is 2. The zero-order valence-corrected chi connectivity index (χ0v) is 17.6. The maximum absolute atomic E-state index is 13.2. The van der Waals surface area contributed by atoms with Gasteiger partial charge in [-0.1, -0.05) is 29.4 Å². The Morgan fingerprint density at radius 2 is 1.80 bits per heavy atom. The summed E-state index contributed by atoms with van der Waals surface area (Å²) in [7, 11) is 0. The predicted octanol–water partition coefficient (Wildman–Crippen LogP) is 4.00. The summed E-state index contributed by atoms with van der Waals surface area (Å²) in [6.45, 7) is 2.45. The van der Waals surface area contributed by atoms with E-state index in [4.69, 9.17) is 11.6 Å². The highest BCUT2D eigenvalue weighted by Crippen LogP contribution is 2.19. The lowest BCUT2D eigenvalue weighted by Crippen LogP contribution is -2.18. The minimum absolute atomic E-state index is 0.0412. The van der Waals surface area contributed by atoms with Gasteiger partial charge in [0.15, 0.2) is 5.16 Å². The minimum Gasteiger partial charge on any atom is -0.326 e. The molecule has 156 valence electrons. The first kappa shape index (κ1) is 21.8. The molecule has 0 aliphatic heterocycles. The lowest BCUT2D eigenvalue weighted by atomic mass is 10.3. The number of rotatable bonds is 8. The molecule has 0 atom stereocenters. The van der Waals surface area contributed by atoms with E-state index in [9.17, 15) is 14.0 Å². The Morgan fingerprint density at radius 1 is 1.07 bits per heavy atom. The van der Waals surface area contributed by atoms with Crippen LogP contribution in [0, 0.1) is 5.82 Å². The van der Waals surface area contributed by atoms with Crippen LogP contribution in [0.2, 0.25) is 5.02 Å². The van der Waals surface area contributed by atoms with Crippen LogP contribution in [0.25, 0.3) is 0 Å². The molecule has 1 heterocycles. The van der Waals surface area contributed by atoms with Crippen molar-refractivity contribution in [3.05, 3.63) is 65.2 Å². The van der Waals surface area contributed by atoms with Crippen molar-refractivity contribution in [1.29, 1.82) is 0 Å². The van der Waals surface area contributed by atoms with Crippen LogP contribution < -0.4 is 10.6 Å². The molecule has 0 spiro atoms. The van der Waals surface area contributed by atoms with Gasteiger partial charge in [0.25, 0.3) is 0 Å². The van der Waals surface area contributed by atoms with Crippen LogP contribution in [-0.2, 0) is 22.6 Å². The van der Waals surface area contributed by atoms with E-state index in [1.165, 1.54) is 30.0 Å². The maximum Gasteiger partial charge on any atom is 0.234 e. The Balaban J connectivity index is 1.57. The smallest absolute Gasteiger partial charge is 0.234 e. The molecule has 3 aromatic rings. The number of nitrogens with zero attached hydrogens (tertiary/aromatic N) is 3. The largest absolute Gasteiger partial charge is 0.326 e. The molecular weight excluding hydrogens is 429 g/mol. The SMILES string of the molecule is CCn1c(CC(=O)Nc2ccc(Cl)cc2)nnc1SCC(=O)Nc1cccc(F)c1. The van der Waals surface area contributed by atoms with Gasteiger partial charge in [0, 0.05) is 22.9 Å². The van der Waals surface area contributed by atoms with Crippen molar-refractivity contribution >= 4 is 46.6 Å². The molecule has 0 unspecified atom stereocenters. The van der Waals surface area contributed by atoms with Gasteiger partial charge in [-0.25, -0.2) is 4.39 Å². The predicted molar refractivity (Wildman–Crippen MR) is 115 cm³/mol. The van der Waals surface area contributed by atoms with Gasteiger partial charge < -0.3 is 15.2 Å². The number of halogens is 2. The number of benzene rings is 2. The standard InChI is InChI=1S/C20H19ClFN5O2S/c1-2-27-17(11-18(28)23-15-8-6-13(21)7-9-15)25-26-20(27)30-12-19(29)24-16-5-3-4-14(22)10-16/h3-10H,2,11-12H2,1H3,(H,23,28)(H,24,29). The lowest BCUT2D eigenvalue weighted by molar-refractivity contribution is -0.116. The van der Waals surface area contributed by atoms with Crippen molar-refractivity contribution < 1.29 is 14.0 Å². The second-order valence-electron chi connectivity index (χ2n) is 6.22. The van der Waals surface area contributed by atoms with Gasteiger partial charge in [0.2, 0.25) is 11.8 Å². The Hall–Kier alpha value is -2.91. The van der Waals surface area contributed by atoms with E-state index in [1.54, 1.807) is 34.9 Å². The number of carbonyl (C=O) groups excluding carboxylic acids is 2. The Bertz CT molecular complexity index is 1040. The zero-order chi connectivity index (χ0) is 21.5. The van der Waals surface area contributed by atoms with Gasteiger partial charge in [-0.15, -0.1) is 10.2 Å². The fourth-order valence-electron chi connectivity index (χ4n) is 2.65. The molecule has 0 aliphatic rings. The molecular formula is C20H19ClFN5O2S. The quantitative estimate of drug-likeness (QED) is 0.509. The van der Waals surface area contributed by atoms with Crippen molar-refractivity contribution in [2.75, 3.05) is 16.4 Å². The van der Waals surface area contributed by atoms with Gasteiger partial charge in [0.05, 0.1) is 12.2 Å². The fraction of sp³-hybridized carbons (Fsp3) is 0.200. The van der Waals surface area contributed by atoms with Crippen molar-refractivity contribution in [1.82, 2.24) is 14.8 Å². The van der Waals surface area contributed by atoms with Crippen molar-refractivity contribution in [2.24, 2.45) is 0 Å². The minimum atomic E-state index is -0.423. The van der Waals surface area contributed by atoms with Crippen LogP contribution in [0.5, 0.6) is 0 Å². The summed E-state index contributed by atoms with van der Waals surface area (Å²) in [5.41, 5.74) is 1.02. The molecule has 2 amide bonds. The number of hydrogen-bond acceptors (Lipinski definition) is 5. The van der Waals surface area contributed by atoms with Crippen LogP contribution in [0.1, 0.15) is 12.7 Å². The van der Waals surface area contributed by atoms with Gasteiger partial charge in [0.1, 0.15) is 11.6 Å². The third kappa shape index (κ3) is 6.04. The second kappa shape index (κ2) is 10.2. The molecule has 2 N–H and O–H groups in total. The van der Waals surface area contributed by atoms with E-state index < -0.39 is 5.82 Å². The molecule has 3 rings (SSSR count). The summed E-state index contributed by atoms with van der Waals surface area (Å²) >= 11 is 7.04. The highest BCUT2D eigenvalue weighted by molar-refractivity contribution is 7.99. The topological polar surface area (TPSA) is 88.9 Å². The van der Waals surface area contributed by atoms with Crippen molar-refractivity contribution in [3.63, 3.8) is 0 Å². The lowest BCUT2D eigenvalue weighted by Gasteiger charge is -2.08. The van der Waals surface area contributed by atoms with Crippen molar-refractivity contribution in [3.8, 4) is 0 Å². The van der Waals surface area contributed by atoms with E-state index in [-0.39, 0.29) is 24.0 Å². The first-order valence-corrected chi connectivity index (χ1v) is 10.5. The monoisotopic (exact) mass is 447 g/mol. The van der Waals surface area contributed by atoms with Gasteiger partial charge in [-0.05, 0) is 49.4 Å². The van der Waals surface area contributed by atoms with Crippen LogP contribution >= 0.6 is 23.4 Å². The Kier molecular flexibility index (Phi) is 7.42. The summed E-state index contributed by atoms with van der Waals surface area (Å²) < 4.78 is 15.0. The van der Waals surface area contributed by atoms with E-state index in [0.29, 0.717) is 33.9 Å². The van der Waals surface area contributed by atoms with Crippen LogP contribution in [0.15, 0.2) is 53.7 Å². The molecule has 7 nitrogen and oxygen atoms in total. The molecule has 1 aromatic heterocycles. The van der Waals surface area contributed by atoms with Crippen LogP contribution in [0.3, 0.4) is 0 Å². The van der Waals surface area contributed by atoms with Gasteiger partial charge in [-0.3, -0.25) is 9.59 Å². The molecule has 0 saturated carbocycles. The summed E-state index contributed by atoms with van der Waals surface area (Å²) in [6, 6.07) is 12.5. The Morgan fingerprint density at radius 3 is 2.50 bits per heavy atom. The van der Waals surface area contributed by atoms with Crippen molar-refractivity contribution in [2.45, 2.75) is 25.0 Å². The summed E-state index contributed by atoms with van der Waals surface area (Å²) in [5, 5.41) is 14.7. The zero-order valence-electron chi connectivity index (χ0n) is 16.1. The number of thioether (sulfide) groups is 1. The third-order valence-electron chi connectivity index (χ3n) is 4.00. The van der Waals surface area contributed by atoms with E-state index in [0.717, 1.165) is 0 Å². The molecule has 0 radical (unpaired) electrons. The molecule has 0 saturated heterocycles. The van der Waals surface area contributed by atoms with E-state index >= 15 is 0 Å². The highest BCUT2D eigenvalue weighted by Gasteiger charge is 2.16. The Labute approximate surface area is 182 Å². The normalized spacial score (nSPS) is 10.6. The average molecular weight is 448 g/mol. The number of aromatic nitrogens is 3. The molecule has 0 aliphatic carbocycles. The highest BCUT2D eigenvalue weighted by atomic mass is 35.5. The molecule has 10 heteroatoms. The average Bonchev–Trinajstić information content (AvgIpc) is 3.09. The first-order chi connectivity index (χ1) is 14.4. The summed E-state index contributed by atoms with van der Waals surface area (Å²) in [5.74, 6) is -0.381. The van der Waals surface area contributed by atoms with Gasteiger partial charge >= 0.3 is 0 Å². The fourth-order valence-corrected chi connectivity index (χ4v) is 3.60. The first-order valence-electron chi connectivity index (χ1n) is 9.10. The second-order valence-corrected chi connectivity index (χ2v) is 7.60. The van der Waals surface area contributed by atoms with E-state index in [2.05, 4.69) is 20.8 Å². The number of hydrogen-bond donors (Lipinski definition) is 2. The molecule has 30 heavy (non-hydrogen) atoms. The third-order valence-corrected chi connectivity index (χ3v) is 5.22. The van der Waals surface area contributed by atoms with Gasteiger partial charge in [-0.2, -0.15) is 0 Å². The summed E-state index contributed by atoms with van der Waals surface area (Å²) in [6.07, 6.45) is 0.0412. The number of carbonyl (C=O) groups is 2. The van der Waals surface area contributed by atoms with Crippen LogP contribution in [0.4, 0.5) is 15.8 Å². The number of amides is 2.